The minimum Gasteiger partial charge on any atom is -0.237 e. The number of hydrogen-bond acceptors (Lipinski definition) is 0. The van der Waals surface area contributed by atoms with Crippen LogP contribution in [-0.4, -0.2) is 6.61 Å². The third kappa shape index (κ3) is 4.76. The van der Waals surface area contributed by atoms with Gasteiger partial charge in [-0.1, -0.05) is 40.0 Å². The van der Waals surface area contributed by atoms with Crippen LogP contribution in [0.2, 0.25) is 0 Å². The van der Waals surface area contributed by atoms with E-state index in [9.17, 15) is 5.11 Å². The Hall–Kier alpha value is -0.0400. The van der Waals surface area contributed by atoms with Gasteiger partial charge < -0.3 is 0 Å². The van der Waals surface area contributed by atoms with E-state index in [0.717, 1.165) is 24.7 Å². The lowest BCUT2D eigenvalue weighted by Gasteiger charge is -2.21. The van der Waals surface area contributed by atoms with Crippen LogP contribution in [0.25, 0.3) is 0 Å². The first kappa shape index (κ1) is 12.0. The highest BCUT2D eigenvalue weighted by atomic mass is 16.2. The molecule has 0 saturated carbocycles. The van der Waals surface area contributed by atoms with Crippen molar-refractivity contribution in [2.75, 3.05) is 6.61 Å². The summed E-state index contributed by atoms with van der Waals surface area (Å²) in [6.07, 6.45) is 5.87. The zero-order chi connectivity index (χ0) is 9.40. The van der Waals surface area contributed by atoms with Crippen molar-refractivity contribution in [1.29, 1.82) is 0 Å². The van der Waals surface area contributed by atoms with E-state index >= 15 is 0 Å². The second-order valence-electron chi connectivity index (χ2n) is 3.78. The second-order valence-corrected chi connectivity index (χ2v) is 3.78. The Balaban J connectivity index is 3.60. The summed E-state index contributed by atoms with van der Waals surface area (Å²) in [6.45, 7) is 6.89. The summed E-state index contributed by atoms with van der Waals surface area (Å²) in [4.78, 5) is 0. The fraction of sp³-hybridized carbons (Fsp3) is 1.00. The van der Waals surface area contributed by atoms with Crippen LogP contribution >= 0.6 is 0 Å². The van der Waals surface area contributed by atoms with Gasteiger partial charge in [0.05, 0.1) is 6.61 Å². The van der Waals surface area contributed by atoms with Gasteiger partial charge in [-0.05, 0) is 24.7 Å². The molecule has 0 aliphatic carbocycles. The Kier molecular flexibility index (Phi) is 7.58. The van der Waals surface area contributed by atoms with Crippen molar-refractivity contribution in [3.8, 4) is 0 Å². The highest BCUT2D eigenvalue weighted by molar-refractivity contribution is 4.64. The normalized spacial score (nSPS) is 16.0. The van der Waals surface area contributed by atoms with Crippen molar-refractivity contribution in [3.05, 3.63) is 0 Å². The van der Waals surface area contributed by atoms with E-state index < -0.39 is 0 Å². The molecule has 2 unspecified atom stereocenters. The molecule has 0 spiro atoms. The largest absolute Gasteiger partial charge is 0.237 e. The predicted molar refractivity (Wildman–Crippen MR) is 52.6 cm³/mol. The van der Waals surface area contributed by atoms with Crippen molar-refractivity contribution in [3.63, 3.8) is 0 Å². The molecular weight excluding hydrogens is 148 g/mol. The summed E-state index contributed by atoms with van der Waals surface area (Å²) in [6, 6.07) is 0. The van der Waals surface area contributed by atoms with E-state index in [4.69, 9.17) is 0 Å². The van der Waals surface area contributed by atoms with Crippen molar-refractivity contribution < 1.29 is 5.11 Å². The molecule has 0 fully saturated rings. The maximum atomic E-state index is 10.3. The van der Waals surface area contributed by atoms with Crippen LogP contribution in [0.15, 0.2) is 0 Å². The van der Waals surface area contributed by atoms with Gasteiger partial charge in [-0.25, -0.2) is 5.11 Å². The standard InChI is InChI=1S/C11H23O/c1-4-7-11(5-2)10(3)8-6-9-12/h10-11H,4-9H2,1-3H3. The molecule has 1 radical (unpaired) electrons. The first-order chi connectivity index (χ1) is 5.76. The van der Waals surface area contributed by atoms with Gasteiger partial charge in [-0.2, -0.15) is 0 Å². The molecule has 0 bridgehead atoms. The summed E-state index contributed by atoms with van der Waals surface area (Å²) >= 11 is 0. The van der Waals surface area contributed by atoms with Crippen LogP contribution in [0, 0.1) is 11.8 Å². The molecule has 1 heteroatoms. The van der Waals surface area contributed by atoms with Gasteiger partial charge in [-0.3, -0.25) is 0 Å². The van der Waals surface area contributed by atoms with E-state index in [2.05, 4.69) is 20.8 Å². The molecule has 0 heterocycles. The summed E-state index contributed by atoms with van der Waals surface area (Å²) in [5.74, 6) is 1.60. The maximum Gasteiger partial charge on any atom is 0.0822 e. The van der Waals surface area contributed by atoms with Crippen molar-refractivity contribution in [1.82, 2.24) is 0 Å². The average Bonchev–Trinajstić information content (AvgIpc) is 2.10. The minimum absolute atomic E-state index is 0.104. The molecule has 0 aromatic heterocycles. The Morgan fingerprint density at radius 1 is 1.17 bits per heavy atom. The van der Waals surface area contributed by atoms with E-state index in [1.807, 2.05) is 0 Å². The molecule has 2 atom stereocenters. The Morgan fingerprint density at radius 3 is 2.25 bits per heavy atom. The smallest absolute Gasteiger partial charge is 0.0822 e. The van der Waals surface area contributed by atoms with Gasteiger partial charge in [0.2, 0.25) is 0 Å². The first-order valence-electron chi connectivity index (χ1n) is 5.34. The van der Waals surface area contributed by atoms with Crippen LogP contribution in [0.5, 0.6) is 0 Å². The summed E-state index contributed by atoms with van der Waals surface area (Å²) in [5, 5.41) is 10.3. The molecule has 0 saturated heterocycles. The fourth-order valence-electron chi connectivity index (χ4n) is 1.90. The van der Waals surface area contributed by atoms with E-state index in [1.54, 1.807) is 0 Å². The molecule has 1 nitrogen and oxygen atoms in total. The molecule has 0 rings (SSSR count). The summed E-state index contributed by atoms with van der Waals surface area (Å²) in [7, 11) is 0. The van der Waals surface area contributed by atoms with E-state index in [0.29, 0.717) is 0 Å². The molecule has 0 aromatic rings. The van der Waals surface area contributed by atoms with Gasteiger partial charge in [0.25, 0.3) is 0 Å². The van der Waals surface area contributed by atoms with Gasteiger partial charge in [-0.15, -0.1) is 0 Å². The van der Waals surface area contributed by atoms with Gasteiger partial charge >= 0.3 is 0 Å². The average molecular weight is 171 g/mol. The Bertz CT molecular complexity index is 91.0. The maximum absolute atomic E-state index is 10.3. The molecule has 0 N–H and O–H groups in total. The van der Waals surface area contributed by atoms with Gasteiger partial charge in [0.15, 0.2) is 0 Å². The molecule has 73 valence electrons. The fourth-order valence-corrected chi connectivity index (χ4v) is 1.90. The number of hydrogen-bond donors (Lipinski definition) is 0. The highest BCUT2D eigenvalue weighted by Gasteiger charge is 2.13. The topological polar surface area (TPSA) is 19.9 Å². The molecule has 0 amide bonds. The van der Waals surface area contributed by atoms with E-state index in [1.165, 1.54) is 19.3 Å². The highest BCUT2D eigenvalue weighted by Crippen LogP contribution is 2.24. The second kappa shape index (κ2) is 7.60. The summed E-state index contributed by atoms with van der Waals surface area (Å²) in [5.41, 5.74) is 0. The van der Waals surface area contributed by atoms with Gasteiger partial charge in [0.1, 0.15) is 0 Å². The predicted octanol–water partition coefficient (Wildman–Crippen LogP) is 3.66. The quantitative estimate of drug-likeness (QED) is 0.557. The van der Waals surface area contributed by atoms with Crippen LogP contribution in [-0.2, 0) is 5.11 Å². The monoisotopic (exact) mass is 171 g/mol. The molecule has 12 heavy (non-hydrogen) atoms. The SMILES string of the molecule is CCCC(CC)C(C)CCC[O]. The third-order valence-corrected chi connectivity index (χ3v) is 2.79. The van der Waals surface area contributed by atoms with Crippen LogP contribution < -0.4 is 0 Å². The first-order valence-corrected chi connectivity index (χ1v) is 5.34. The number of rotatable bonds is 7. The van der Waals surface area contributed by atoms with Crippen molar-refractivity contribution in [2.24, 2.45) is 11.8 Å². The molecule has 0 aliphatic rings. The molecule has 0 aromatic carbocycles. The summed E-state index contributed by atoms with van der Waals surface area (Å²) < 4.78 is 0. The zero-order valence-corrected chi connectivity index (χ0v) is 8.81. The van der Waals surface area contributed by atoms with Crippen LogP contribution in [0.1, 0.15) is 52.9 Å². The Morgan fingerprint density at radius 2 is 1.83 bits per heavy atom. The molecular formula is C11H23O. The zero-order valence-electron chi connectivity index (χ0n) is 8.81. The van der Waals surface area contributed by atoms with Crippen molar-refractivity contribution in [2.45, 2.75) is 52.9 Å². The Labute approximate surface area is 77.2 Å². The van der Waals surface area contributed by atoms with E-state index in [-0.39, 0.29) is 6.61 Å². The third-order valence-electron chi connectivity index (χ3n) is 2.79. The van der Waals surface area contributed by atoms with Crippen LogP contribution in [0.3, 0.4) is 0 Å². The van der Waals surface area contributed by atoms with Gasteiger partial charge in [0, 0.05) is 0 Å². The minimum atomic E-state index is 0.104. The lowest BCUT2D eigenvalue weighted by Crippen LogP contribution is -2.11. The lowest BCUT2D eigenvalue weighted by atomic mass is 9.85. The van der Waals surface area contributed by atoms with Crippen LogP contribution in [0.4, 0.5) is 0 Å². The lowest BCUT2D eigenvalue weighted by molar-refractivity contribution is 0.173. The molecule has 0 aliphatic heterocycles. The van der Waals surface area contributed by atoms with Crippen molar-refractivity contribution >= 4 is 0 Å².